The third-order valence-electron chi connectivity index (χ3n) is 4.41. The van der Waals surface area contributed by atoms with E-state index in [1.54, 1.807) is 6.07 Å². The number of anilines is 1. The molecule has 0 saturated carbocycles. The number of pyridine rings is 1. The van der Waals surface area contributed by atoms with Gasteiger partial charge in [0.2, 0.25) is 0 Å². The van der Waals surface area contributed by atoms with Gasteiger partial charge in [-0.15, -0.1) is 0 Å². The predicted molar refractivity (Wildman–Crippen MR) is 97.2 cm³/mol. The maximum absolute atomic E-state index is 14.5. The normalized spacial score (nSPS) is 22.5. The molecule has 4 N–H and O–H groups in total. The minimum absolute atomic E-state index is 0.157. The lowest BCUT2D eigenvalue weighted by Gasteiger charge is -2.32. The first-order chi connectivity index (χ1) is 12.9. The molecule has 0 aliphatic carbocycles. The average molecular weight is 369 g/mol. The van der Waals surface area contributed by atoms with Crippen LogP contribution in [0.3, 0.4) is 0 Å². The number of carbonyl (C=O) groups is 1. The lowest BCUT2D eigenvalue weighted by atomic mass is 9.91. The zero-order valence-corrected chi connectivity index (χ0v) is 14.8. The van der Waals surface area contributed by atoms with Crippen molar-refractivity contribution in [2.45, 2.75) is 25.0 Å². The summed E-state index contributed by atoms with van der Waals surface area (Å²) in [4.78, 5) is 16.3. The number of nitrogens with one attached hydrogen (secondary N) is 2. The standard InChI is InChI=1S/C19H20FN5O2/c1-19(11-27-7-6-17(22)25-19)14-8-13(3-4-15(14)20)24-18(26)16-5-2-12(9-21)10-23-16/h2-5,8,10,17,25H,6-7,11,22H2,1H3,(H,24,26)/t17?,19-/m0/s1. The first kappa shape index (κ1) is 18.9. The summed E-state index contributed by atoms with van der Waals surface area (Å²) in [5.74, 6) is -0.874. The van der Waals surface area contributed by atoms with E-state index in [4.69, 9.17) is 15.7 Å². The van der Waals surface area contributed by atoms with E-state index in [2.05, 4.69) is 15.6 Å². The molecule has 1 aromatic carbocycles. The molecule has 1 fully saturated rings. The number of nitrogens with zero attached hydrogens (tertiary/aromatic N) is 2. The number of nitriles is 1. The summed E-state index contributed by atoms with van der Waals surface area (Å²) in [6, 6.07) is 9.23. The molecule has 27 heavy (non-hydrogen) atoms. The highest BCUT2D eigenvalue weighted by Gasteiger charge is 2.33. The summed E-state index contributed by atoms with van der Waals surface area (Å²) in [7, 11) is 0. The van der Waals surface area contributed by atoms with Crippen molar-refractivity contribution in [3.63, 3.8) is 0 Å². The van der Waals surface area contributed by atoms with E-state index in [1.165, 1.54) is 30.5 Å². The summed E-state index contributed by atoms with van der Waals surface area (Å²) >= 11 is 0. The second-order valence-electron chi connectivity index (χ2n) is 6.62. The van der Waals surface area contributed by atoms with Crippen LogP contribution < -0.4 is 16.4 Å². The molecule has 0 spiro atoms. The fourth-order valence-electron chi connectivity index (χ4n) is 2.98. The Morgan fingerprint density at radius 3 is 3.00 bits per heavy atom. The van der Waals surface area contributed by atoms with Crippen molar-refractivity contribution in [3.8, 4) is 6.07 Å². The molecule has 8 heteroatoms. The maximum atomic E-state index is 14.5. The van der Waals surface area contributed by atoms with Gasteiger partial charge in [0.1, 0.15) is 17.6 Å². The van der Waals surface area contributed by atoms with Crippen LogP contribution in [-0.4, -0.2) is 30.3 Å². The van der Waals surface area contributed by atoms with Crippen LogP contribution in [0.25, 0.3) is 0 Å². The molecule has 1 saturated heterocycles. The van der Waals surface area contributed by atoms with Crippen molar-refractivity contribution in [1.82, 2.24) is 10.3 Å². The lowest BCUT2D eigenvalue weighted by molar-refractivity contribution is 0.0968. The summed E-state index contributed by atoms with van der Waals surface area (Å²) in [6.45, 7) is 2.56. The third kappa shape index (κ3) is 4.28. The fourth-order valence-corrected chi connectivity index (χ4v) is 2.98. The Morgan fingerprint density at radius 2 is 2.30 bits per heavy atom. The predicted octanol–water partition coefficient (Wildman–Crippen LogP) is 1.85. The Kier molecular flexibility index (Phi) is 5.46. The fraction of sp³-hybridized carbons (Fsp3) is 0.316. The maximum Gasteiger partial charge on any atom is 0.274 e. The van der Waals surface area contributed by atoms with Gasteiger partial charge in [0.15, 0.2) is 0 Å². The highest BCUT2D eigenvalue weighted by molar-refractivity contribution is 6.02. The molecule has 1 aromatic heterocycles. The van der Waals surface area contributed by atoms with E-state index in [0.717, 1.165) is 0 Å². The van der Waals surface area contributed by atoms with Crippen LogP contribution in [-0.2, 0) is 10.3 Å². The Balaban J connectivity index is 1.84. The molecule has 1 unspecified atom stereocenters. The molecule has 3 rings (SSSR count). The number of halogens is 1. The molecule has 2 atom stereocenters. The molecule has 1 aliphatic rings. The summed E-state index contributed by atoms with van der Waals surface area (Å²) in [6.07, 6.45) is 1.62. The second kappa shape index (κ2) is 7.80. The van der Waals surface area contributed by atoms with Crippen LogP contribution in [0.5, 0.6) is 0 Å². The van der Waals surface area contributed by atoms with Gasteiger partial charge in [-0.3, -0.25) is 10.1 Å². The summed E-state index contributed by atoms with van der Waals surface area (Å²) in [5.41, 5.74) is 6.46. The van der Waals surface area contributed by atoms with Crippen molar-refractivity contribution >= 4 is 11.6 Å². The Bertz CT molecular complexity index is 881. The average Bonchev–Trinajstić information content (AvgIpc) is 2.84. The number of ether oxygens (including phenoxy) is 1. The Labute approximate surface area is 156 Å². The number of aromatic nitrogens is 1. The van der Waals surface area contributed by atoms with E-state index >= 15 is 0 Å². The minimum Gasteiger partial charge on any atom is -0.379 e. The third-order valence-corrected chi connectivity index (χ3v) is 4.41. The zero-order chi connectivity index (χ0) is 19.4. The highest BCUT2D eigenvalue weighted by atomic mass is 19.1. The summed E-state index contributed by atoms with van der Waals surface area (Å²) in [5, 5.41) is 14.7. The highest BCUT2D eigenvalue weighted by Crippen LogP contribution is 2.29. The number of hydrogen-bond donors (Lipinski definition) is 3. The molecule has 0 radical (unpaired) electrons. The van der Waals surface area contributed by atoms with Gasteiger partial charge in [-0.1, -0.05) is 0 Å². The molecule has 1 amide bonds. The number of carbonyl (C=O) groups excluding carboxylic acids is 1. The minimum atomic E-state index is -0.826. The molecular weight excluding hydrogens is 349 g/mol. The number of hydrogen-bond acceptors (Lipinski definition) is 6. The number of rotatable bonds is 3. The van der Waals surface area contributed by atoms with Gasteiger partial charge in [-0.05, 0) is 43.7 Å². The van der Waals surface area contributed by atoms with E-state index in [0.29, 0.717) is 29.8 Å². The van der Waals surface area contributed by atoms with Crippen molar-refractivity contribution < 1.29 is 13.9 Å². The molecular formula is C19H20FN5O2. The molecule has 140 valence electrons. The first-order valence-electron chi connectivity index (χ1n) is 8.50. The van der Waals surface area contributed by atoms with E-state index in [-0.39, 0.29) is 18.5 Å². The van der Waals surface area contributed by atoms with Gasteiger partial charge < -0.3 is 15.8 Å². The van der Waals surface area contributed by atoms with Crippen molar-refractivity contribution in [2.24, 2.45) is 5.73 Å². The van der Waals surface area contributed by atoms with E-state index < -0.39 is 17.3 Å². The van der Waals surface area contributed by atoms with Crippen LogP contribution in [0.2, 0.25) is 0 Å². The van der Waals surface area contributed by atoms with Crippen LogP contribution in [0.4, 0.5) is 10.1 Å². The summed E-state index contributed by atoms with van der Waals surface area (Å²) < 4.78 is 20.1. The van der Waals surface area contributed by atoms with Crippen LogP contribution in [0, 0.1) is 17.1 Å². The zero-order valence-electron chi connectivity index (χ0n) is 14.8. The number of benzene rings is 1. The monoisotopic (exact) mass is 369 g/mol. The van der Waals surface area contributed by atoms with Crippen molar-refractivity contribution in [2.75, 3.05) is 18.5 Å². The van der Waals surface area contributed by atoms with Gasteiger partial charge >= 0.3 is 0 Å². The Morgan fingerprint density at radius 1 is 1.48 bits per heavy atom. The van der Waals surface area contributed by atoms with Gasteiger partial charge in [-0.25, -0.2) is 9.37 Å². The molecule has 7 nitrogen and oxygen atoms in total. The van der Waals surface area contributed by atoms with Crippen LogP contribution >= 0.6 is 0 Å². The largest absolute Gasteiger partial charge is 0.379 e. The van der Waals surface area contributed by atoms with E-state index in [1.807, 2.05) is 13.0 Å². The van der Waals surface area contributed by atoms with Gasteiger partial charge in [0.25, 0.3) is 5.91 Å². The topological polar surface area (TPSA) is 113 Å². The second-order valence-corrected chi connectivity index (χ2v) is 6.62. The van der Waals surface area contributed by atoms with Crippen molar-refractivity contribution in [3.05, 3.63) is 59.2 Å². The smallest absolute Gasteiger partial charge is 0.274 e. The number of nitrogens with two attached hydrogens (primary N) is 1. The van der Waals surface area contributed by atoms with Crippen LogP contribution in [0.1, 0.15) is 35.0 Å². The van der Waals surface area contributed by atoms with E-state index in [9.17, 15) is 9.18 Å². The molecule has 2 aromatic rings. The molecule has 2 heterocycles. The first-order valence-corrected chi connectivity index (χ1v) is 8.50. The van der Waals surface area contributed by atoms with Gasteiger partial charge in [0.05, 0.1) is 23.9 Å². The van der Waals surface area contributed by atoms with Gasteiger partial charge in [0, 0.05) is 24.1 Å². The Hall–Kier alpha value is -2.86. The van der Waals surface area contributed by atoms with Crippen molar-refractivity contribution in [1.29, 1.82) is 5.26 Å². The molecule has 1 aliphatic heterocycles. The SMILES string of the molecule is C[C@@]1(c2cc(NC(=O)c3ccc(C#N)cn3)ccc2F)COCCC(N)N1. The quantitative estimate of drug-likeness (QED) is 0.761. The van der Waals surface area contributed by atoms with Gasteiger partial charge in [-0.2, -0.15) is 5.26 Å². The van der Waals surface area contributed by atoms with Crippen LogP contribution in [0.15, 0.2) is 36.5 Å². The number of amides is 1. The molecule has 0 bridgehead atoms. The lowest BCUT2D eigenvalue weighted by Crippen LogP contribution is -2.51.